The molecule has 1 fully saturated rings. The second-order valence-electron chi connectivity index (χ2n) is 4.77. The van der Waals surface area contributed by atoms with Crippen LogP contribution in [0.25, 0.3) is 0 Å². The molecule has 0 bridgehead atoms. The summed E-state index contributed by atoms with van der Waals surface area (Å²) >= 11 is 3.03. The maximum atomic E-state index is 13.9. The van der Waals surface area contributed by atoms with Crippen LogP contribution < -0.4 is 0 Å². The lowest BCUT2D eigenvalue weighted by atomic mass is 9.90. The van der Waals surface area contributed by atoms with Gasteiger partial charge in [-0.15, -0.1) is 0 Å². The molecule has 0 aromatic heterocycles. The molecule has 0 aliphatic heterocycles. The Morgan fingerprint density at radius 3 is 2.76 bits per heavy atom. The highest BCUT2D eigenvalue weighted by Gasteiger charge is 2.42. The van der Waals surface area contributed by atoms with Crippen molar-refractivity contribution in [1.82, 2.24) is 0 Å². The van der Waals surface area contributed by atoms with Crippen molar-refractivity contribution < 1.29 is 13.9 Å². The zero-order valence-corrected chi connectivity index (χ0v) is 11.2. The SMILES string of the molecule is CCC1CCC(O)(c2c(F)ccc(Br)c2F)C1. The first-order valence-electron chi connectivity index (χ1n) is 5.84. The zero-order valence-electron chi connectivity index (χ0n) is 9.64. The Hall–Kier alpha value is -0.480. The first-order chi connectivity index (χ1) is 7.98. The lowest BCUT2D eigenvalue weighted by molar-refractivity contribution is 0.0322. The third kappa shape index (κ3) is 2.25. The monoisotopic (exact) mass is 304 g/mol. The van der Waals surface area contributed by atoms with E-state index in [4.69, 9.17) is 0 Å². The normalized spacial score (nSPS) is 28.6. The first-order valence-corrected chi connectivity index (χ1v) is 6.63. The Kier molecular flexibility index (Phi) is 3.55. The van der Waals surface area contributed by atoms with E-state index in [1.807, 2.05) is 6.92 Å². The summed E-state index contributed by atoms with van der Waals surface area (Å²) in [7, 11) is 0. The van der Waals surface area contributed by atoms with Gasteiger partial charge in [-0.05, 0) is 53.2 Å². The van der Waals surface area contributed by atoms with Gasteiger partial charge in [-0.3, -0.25) is 0 Å². The van der Waals surface area contributed by atoms with Crippen molar-refractivity contribution in [3.63, 3.8) is 0 Å². The van der Waals surface area contributed by atoms with Gasteiger partial charge in [-0.1, -0.05) is 13.3 Å². The fourth-order valence-corrected chi connectivity index (χ4v) is 2.98. The van der Waals surface area contributed by atoms with Gasteiger partial charge in [0, 0.05) is 0 Å². The van der Waals surface area contributed by atoms with E-state index in [9.17, 15) is 13.9 Å². The van der Waals surface area contributed by atoms with Crippen molar-refractivity contribution in [2.75, 3.05) is 0 Å². The van der Waals surface area contributed by atoms with Crippen LogP contribution in [0.5, 0.6) is 0 Å². The molecule has 2 rings (SSSR count). The van der Waals surface area contributed by atoms with Crippen LogP contribution >= 0.6 is 15.9 Å². The van der Waals surface area contributed by atoms with Crippen molar-refractivity contribution in [2.24, 2.45) is 5.92 Å². The predicted molar refractivity (Wildman–Crippen MR) is 65.6 cm³/mol. The molecular weight excluding hydrogens is 290 g/mol. The molecule has 1 saturated carbocycles. The van der Waals surface area contributed by atoms with Gasteiger partial charge in [-0.2, -0.15) is 0 Å². The van der Waals surface area contributed by atoms with Crippen LogP contribution in [-0.4, -0.2) is 5.11 Å². The average Bonchev–Trinajstić information content (AvgIpc) is 2.67. The van der Waals surface area contributed by atoms with E-state index in [0.29, 0.717) is 18.8 Å². The number of hydrogen-bond donors (Lipinski definition) is 1. The molecule has 17 heavy (non-hydrogen) atoms. The number of benzene rings is 1. The highest BCUT2D eigenvalue weighted by atomic mass is 79.9. The van der Waals surface area contributed by atoms with E-state index >= 15 is 0 Å². The smallest absolute Gasteiger partial charge is 0.146 e. The van der Waals surface area contributed by atoms with Crippen LogP contribution in [0.4, 0.5) is 8.78 Å². The quantitative estimate of drug-likeness (QED) is 0.815. The van der Waals surface area contributed by atoms with Gasteiger partial charge in [0.25, 0.3) is 0 Å². The van der Waals surface area contributed by atoms with Crippen molar-refractivity contribution in [3.05, 3.63) is 33.8 Å². The van der Waals surface area contributed by atoms with Crippen LogP contribution in [0.3, 0.4) is 0 Å². The maximum Gasteiger partial charge on any atom is 0.146 e. The van der Waals surface area contributed by atoms with E-state index in [0.717, 1.165) is 12.8 Å². The Labute approximate surface area is 108 Å². The summed E-state index contributed by atoms with van der Waals surface area (Å²) in [5.41, 5.74) is -1.53. The summed E-state index contributed by atoms with van der Waals surface area (Å²) < 4.78 is 27.9. The second kappa shape index (κ2) is 4.65. The molecule has 0 spiro atoms. The molecule has 1 aromatic carbocycles. The molecule has 2 unspecified atom stereocenters. The largest absolute Gasteiger partial charge is 0.385 e. The van der Waals surface area contributed by atoms with E-state index in [1.165, 1.54) is 12.1 Å². The number of halogens is 3. The lowest BCUT2D eigenvalue weighted by Gasteiger charge is -2.25. The minimum atomic E-state index is -1.35. The van der Waals surface area contributed by atoms with Crippen molar-refractivity contribution >= 4 is 15.9 Å². The Bertz CT molecular complexity index is 436. The van der Waals surface area contributed by atoms with Crippen LogP contribution in [0.1, 0.15) is 38.2 Å². The molecule has 2 atom stereocenters. The average molecular weight is 305 g/mol. The van der Waals surface area contributed by atoms with Gasteiger partial charge in [0.05, 0.1) is 15.6 Å². The molecule has 0 saturated heterocycles. The molecule has 0 radical (unpaired) electrons. The van der Waals surface area contributed by atoms with Crippen LogP contribution in [0.2, 0.25) is 0 Å². The van der Waals surface area contributed by atoms with Gasteiger partial charge < -0.3 is 5.11 Å². The Balaban J connectivity index is 2.44. The third-order valence-electron chi connectivity index (χ3n) is 3.68. The topological polar surface area (TPSA) is 20.2 Å². The minimum absolute atomic E-state index is 0.178. The molecule has 0 heterocycles. The molecule has 1 aliphatic carbocycles. The van der Waals surface area contributed by atoms with Gasteiger partial charge in [0.1, 0.15) is 11.6 Å². The number of rotatable bonds is 2. The lowest BCUT2D eigenvalue weighted by Crippen LogP contribution is -2.25. The molecule has 1 N–H and O–H groups in total. The van der Waals surface area contributed by atoms with E-state index < -0.39 is 17.2 Å². The number of aliphatic hydroxyl groups is 1. The highest BCUT2D eigenvalue weighted by molar-refractivity contribution is 9.10. The first kappa shape index (κ1) is 13.0. The molecule has 94 valence electrons. The van der Waals surface area contributed by atoms with Crippen LogP contribution in [-0.2, 0) is 5.60 Å². The Morgan fingerprint density at radius 1 is 1.47 bits per heavy atom. The van der Waals surface area contributed by atoms with E-state index in [-0.39, 0.29) is 10.0 Å². The van der Waals surface area contributed by atoms with Gasteiger partial charge in [0.2, 0.25) is 0 Å². The fourth-order valence-electron chi connectivity index (χ4n) is 2.65. The van der Waals surface area contributed by atoms with E-state index in [1.54, 1.807) is 0 Å². The molecule has 1 aliphatic rings. The molecular formula is C13H15BrF2O. The molecule has 0 amide bonds. The summed E-state index contributed by atoms with van der Waals surface area (Å²) in [6.07, 6.45) is 2.61. The molecule has 1 nitrogen and oxygen atoms in total. The maximum absolute atomic E-state index is 13.9. The summed E-state index contributed by atoms with van der Waals surface area (Å²) in [5, 5.41) is 10.4. The summed E-state index contributed by atoms with van der Waals surface area (Å²) in [5.74, 6) is -0.994. The standard InChI is InChI=1S/C13H15BrF2O/c1-2-8-5-6-13(17,7-8)11-10(15)4-3-9(14)12(11)16/h3-4,8,17H,2,5-7H2,1H3. The second-order valence-corrected chi connectivity index (χ2v) is 5.62. The van der Waals surface area contributed by atoms with Crippen molar-refractivity contribution in [2.45, 2.75) is 38.2 Å². The van der Waals surface area contributed by atoms with Crippen LogP contribution in [0, 0.1) is 17.6 Å². The molecule has 4 heteroatoms. The summed E-state index contributed by atoms with van der Waals surface area (Å²) in [6.45, 7) is 2.03. The third-order valence-corrected chi connectivity index (χ3v) is 4.29. The van der Waals surface area contributed by atoms with E-state index in [2.05, 4.69) is 15.9 Å². The summed E-state index contributed by atoms with van der Waals surface area (Å²) in [4.78, 5) is 0. The fraction of sp³-hybridized carbons (Fsp3) is 0.538. The summed E-state index contributed by atoms with van der Waals surface area (Å²) in [6, 6.07) is 2.52. The Morgan fingerprint density at radius 2 is 2.18 bits per heavy atom. The van der Waals surface area contributed by atoms with Crippen molar-refractivity contribution in [3.8, 4) is 0 Å². The van der Waals surface area contributed by atoms with Gasteiger partial charge >= 0.3 is 0 Å². The van der Waals surface area contributed by atoms with Crippen molar-refractivity contribution in [1.29, 1.82) is 0 Å². The van der Waals surface area contributed by atoms with Crippen LogP contribution in [0.15, 0.2) is 16.6 Å². The number of hydrogen-bond acceptors (Lipinski definition) is 1. The zero-order chi connectivity index (χ0) is 12.6. The van der Waals surface area contributed by atoms with Gasteiger partial charge in [-0.25, -0.2) is 8.78 Å². The highest BCUT2D eigenvalue weighted by Crippen LogP contribution is 2.45. The van der Waals surface area contributed by atoms with Gasteiger partial charge in [0.15, 0.2) is 0 Å². The minimum Gasteiger partial charge on any atom is -0.385 e. The molecule has 1 aromatic rings. The predicted octanol–water partition coefficient (Wildman–Crippen LogP) is 4.13.